The van der Waals surface area contributed by atoms with Crippen LogP contribution in [0.15, 0.2) is 12.3 Å². The molecule has 0 atom stereocenters. The summed E-state index contributed by atoms with van der Waals surface area (Å²) < 4.78 is 0. The number of aromatic nitrogens is 1. The molecular weight excluding hydrogens is 216 g/mol. The quantitative estimate of drug-likeness (QED) is 0.765. The number of carbonyl (C=O) groups excluding carboxylic acids is 1. The van der Waals surface area contributed by atoms with Crippen molar-refractivity contribution in [3.63, 3.8) is 0 Å². The normalized spacial score (nSPS) is 15.8. The van der Waals surface area contributed by atoms with Crippen LogP contribution in [0.25, 0.3) is 0 Å². The maximum Gasteiger partial charge on any atom is 0.271 e. The van der Waals surface area contributed by atoms with Crippen molar-refractivity contribution in [1.29, 1.82) is 0 Å². The lowest BCUT2D eigenvalue weighted by molar-refractivity contribution is 0.0958. The zero-order valence-corrected chi connectivity index (χ0v) is 10.3. The Morgan fingerprint density at radius 1 is 1.47 bits per heavy atom. The van der Waals surface area contributed by atoms with Crippen LogP contribution in [0.1, 0.15) is 16.1 Å². The van der Waals surface area contributed by atoms with Crippen LogP contribution in [0.5, 0.6) is 0 Å². The van der Waals surface area contributed by atoms with Gasteiger partial charge in [0, 0.05) is 39.4 Å². The number of nitrogens with zero attached hydrogens (tertiary/aromatic N) is 2. The van der Waals surface area contributed by atoms with E-state index in [-0.39, 0.29) is 5.91 Å². The molecule has 1 aromatic rings. The standard InChI is InChI=1S/C12H18N4O/c1-9-3-4-15-10(12(17)13-2)11(9)16-7-5-14-6-8-16/h3-4,14H,5-8H2,1-2H3,(H,13,17). The Hall–Kier alpha value is -1.62. The number of anilines is 1. The molecule has 1 aliphatic heterocycles. The maximum atomic E-state index is 11.8. The van der Waals surface area contributed by atoms with E-state index in [2.05, 4.69) is 20.5 Å². The summed E-state index contributed by atoms with van der Waals surface area (Å²) in [7, 11) is 1.63. The number of nitrogens with one attached hydrogen (secondary N) is 2. The summed E-state index contributed by atoms with van der Waals surface area (Å²) in [6.45, 7) is 5.74. The fourth-order valence-corrected chi connectivity index (χ4v) is 2.12. The second-order valence-corrected chi connectivity index (χ2v) is 4.14. The highest BCUT2D eigenvalue weighted by Gasteiger charge is 2.20. The average Bonchev–Trinajstić information content (AvgIpc) is 2.38. The summed E-state index contributed by atoms with van der Waals surface area (Å²) in [5.74, 6) is -0.123. The molecule has 5 nitrogen and oxygen atoms in total. The number of rotatable bonds is 2. The fourth-order valence-electron chi connectivity index (χ4n) is 2.12. The topological polar surface area (TPSA) is 57.3 Å². The number of pyridine rings is 1. The highest BCUT2D eigenvalue weighted by atomic mass is 16.1. The van der Waals surface area contributed by atoms with Crippen molar-refractivity contribution in [2.75, 3.05) is 38.1 Å². The molecule has 0 bridgehead atoms. The first-order chi connectivity index (χ1) is 8.24. The van der Waals surface area contributed by atoms with Crippen LogP contribution in [-0.4, -0.2) is 44.1 Å². The predicted molar refractivity (Wildman–Crippen MR) is 67.4 cm³/mol. The van der Waals surface area contributed by atoms with Crippen molar-refractivity contribution in [1.82, 2.24) is 15.6 Å². The largest absolute Gasteiger partial charge is 0.367 e. The molecule has 92 valence electrons. The van der Waals surface area contributed by atoms with E-state index in [0.29, 0.717) is 5.69 Å². The van der Waals surface area contributed by atoms with Crippen LogP contribution >= 0.6 is 0 Å². The Labute approximate surface area is 101 Å². The Kier molecular flexibility index (Phi) is 3.58. The van der Waals surface area contributed by atoms with Gasteiger partial charge in [-0.2, -0.15) is 0 Å². The first-order valence-electron chi connectivity index (χ1n) is 5.87. The Morgan fingerprint density at radius 2 is 2.18 bits per heavy atom. The molecule has 0 aliphatic carbocycles. The van der Waals surface area contributed by atoms with E-state index in [0.717, 1.165) is 37.4 Å². The molecule has 0 radical (unpaired) electrons. The molecule has 17 heavy (non-hydrogen) atoms. The zero-order chi connectivity index (χ0) is 12.3. The van der Waals surface area contributed by atoms with E-state index in [1.807, 2.05) is 13.0 Å². The number of aryl methyl sites for hydroxylation is 1. The molecular formula is C12H18N4O. The third-order valence-electron chi connectivity index (χ3n) is 3.00. The minimum atomic E-state index is -0.123. The molecule has 1 aromatic heterocycles. The summed E-state index contributed by atoms with van der Waals surface area (Å²) in [5, 5.41) is 5.95. The molecule has 0 saturated carbocycles. The lowest BCUT2D eigenvalue weighted by atomic mass is 10.1. The molecule has 2 N–H and O–H groups in total. The second kappa shape index (κ2) is 5.14. The van der Waals surface area contributed by atoms with Gasteiger partial charge < -0.3 is 15.5 Å². The van der Waals surface area contributed by atoms with Gasteiger partial charge in [-0.25, -0.2) is 4.98 Å². The minimum absolute atomic E-state index is 0.123. The summed E-state index contributed by atoms with van der Waals surface area (Å²) in [6, 6.07) is 1.95. The van der Waals surface area contributed by atoms with Gasteiger partial charge in [0.15, 0.2) is 5.69 Å². The van der Waals surface area contributed by atoms with Gasteiger partial charge in [-0.15, -0.1) is 0 Å². The molecule has 0 aromatic carbocycles. The summed E-state index contributed by atoms with van der Waals surface area (Å²) >= 11 is 0. The summed E-state index contributed by atoms with van der Waals surface area (Å²) in [4.78, 5) is 18.3. The van der Waals surface area contributed by atoms with Gasteiger partial charge in [-0.05, 0) is 18.6 Å². The van der Waals surface area contributed by atoms with Gasteiger partial charge in [-0.3, -0.25) is 4.79 Å². The zero-order valence-electron chi connectivity index (χ0n) is 10.3. The van der Waals surface area contributed by atoms with Gasteiger partial charge >= 0.3 is 0 Å². The van der Waals surface area contributed by atoms with Gasteiger partial charge in [0.05, 0.1) is 5.69 Å². The van der Waals surface area contributed by atoms with Crippen LogP contribution in [0.3, 0.4) is 0 Å². The molecule has 0 spiro atoms. The molecule has 1 saturated heterocycles. The summed E-state index contributed by atoms with van der Waals surface area (Å²) in [5.41, 5.74) is 2.59. The fraction of sp³-hybridized carbons (Fsp3) is 0.500. The van der Waals surface area contributed by atoms with Crippen LogP contribution in [0, 0.1) is 6.92 Å². The first-order valence-corrected chi connectivity index (χ1v) is 5.87. The van der Waals surface area contributed by atoms with Crippen molar-refractivity contribution in [3.8, 4) is 0 Å². The smallest absolute Gasteiger partial charge is 0.271 e. The molecule has 2 heterocycles. The SMILES string of the molecule is CNC(=O)c1nccc(C)c1N1CCNCC1. The van der Waals surface area contributed by atoms with Gasteiger partial charge in [-0.1, -0.05) is 0 Å². The predicted octanol–water partition coefficient (Wildman–Crippen LogP) is 0.159. The van der Waals surface area contributed by atoms with E-state index in [9.17, 15) is 4.79 Å². The van der Waals surface area contributed by atoms with E-state index in [1.54, 1.807) is 13.2 Å². The van der Waals surface area contributed by atoms with E-state index < -0.39 is 0 Å². The lowest BCUT2D eigenvalue weighted by Gasteiger charge is -2.31. The van der Waals surface area contributed by atoms with Gasteiger partial charge in [0.1, 0.15) is 0 Å². The van der Waals surface area contributed by atoms with E-state index >= 15 is 0 Å². The number of piperazine rings is 1. The van der Waals surface area contributed by atoms with Gasteiger partial charge in [0.2, 0.25) is 0 Å². The third kappa shape index (κ3) is 2.39. The Bertz CT molecular complexity index is 413. The molecule has 1 fully saturated rings. The Morgan fingerprint density at radius 3 is 2.82 bits per heavy atom. The van der Waals surface area contributed by atoms with Gasteiger partial charge in [0.25, 0.3) is 5.91 Å². The Balaban J connectivity index is 2.39. The van der Waals surface area contributed by atoms with E-state index in [4.69, 9.17) is 0 Å². The average molecular weight is 234 g/mol. The number of carbonyl (C=O) groups is 1. The van der Waals surface area contributed by atoms with Crippen LogP contribution in [0.4, 0.5) is 5.69 Å². The van der Waals surface area contributed by atoms with Crippen molar-refractivity contribution in [2.24, 2.45) is 0 Å². The highest BCUT2D eigenvalue weighted by molar-refractivity contribution is 5.98. The number of hydrogen-bond acceptors (Lipinski definition) is 4. The maximum absolute atomic E-state index is 11.8. The third-order valence-corrected chi connectivity index (χ3v) is 3.00. The van der Waals surface area contributed by atoms with Crippen molar-refractivity contribution >= 4 is 11.6 Å². The van der Waals surface area contributed by atoms with Crippen LogP contribution < -0.4 is 15.5 Å². The molecule has 2 rings (SSSR count). The molecule has 5 heteroatoms. The van der Waals surface area contributed by atoms with Crippen molar-refractivity contribution in [3.05, 3.63) is 23.5 Å². The number of hydrogen-bond donors (Lipinski definition) is 2. The minimum Gasteiger partial charge on any atom is -0.367 e. The second-order valence-electron chi connectivity index (χ2n) is 4.14. The lowest BCUT2D eigenvalue weighted by Crippen LogP contribution is -2.44. The summed E-state index contributed by atoms with van der Waals surface area (Å²) in [6.07, 6.45) is 1.69. The number of amides is 1. The van der Waals surface area contributed by atoms with Crippen LogP contribution in [-0.2, 0) is 0 Å². The first kappa shape index (κ1) is 11.9. The van der Waals surface area contributed by atoms with Crippen molar-refractivity contribution < 1.29 is 4.79 Å². The molecule has 1 aliphatic rings. The highest BCUT2D eigenvalue weighted by Crippen LogP contribution is 2.23. The molecule has 0 unspecified atom stereocenters. The molecule has 1 amide bonds. The van der Waals surface area contributed by atoms with Crippen molar-refractivity contribution in [2.45, 2.75) is 6.92 Å². The van der Waals surface area contributed by atoms with E-state index in [1.165, 1.54) is 0 Å². The van der Waals surface area contributed by atoms with Crippen LogP contribution in [0.2, 0.25) is 0 Å². The monoisotopic (exact) mass is 234 g/mol.